The summed E-state index contributed by atoms with van der Waals surface area (Å²) in [7, 11) is 0. The molecule has 0 aliphatic carbocycles. The van der Waals surface area contributed by atoms with Crippen LogP contribution in [0.25, 0.3) is 0 Å². The lowest BCUT2D eigenvalue weighted by Crippen LogP contribution is -2.24. The number of ketones is 1. The van der Waals surface area contributed by atoms with Crippen molar-refractivity contribution in [3.05, 3.63) is 24.3 Å². The van der Waals surface area contributed by atoms with Gasteiger partial charge in [-0.15, -0.1) is 11.8 Å². The van der Waals surface area contributed by atoms with Gasteiger partial charge in [-0.05, 0) is 24.5 Å². The number of carbonyl (C=O) groups is 2. The number of benzene rings is 1. The first-order valence-electron chi connectivity index (χ1n) is 4.67. The molecule has 78 valence electrons. The zero-order chi connectivity index (χ0) is 10.8. The van der Waals surface area contributed by atoms with Gasteiger partial charge in [-0.1, -0.05) is 6.07 Å². The molecule has 3 nitrogen and oxygen atoms in total. The molecule has 1 saturated heterocycles. The maximum absolute atomic E-state index is 11.5. The molecule has 1 aromatic rings. The fourth-order valence-electron chi connectivity index (χ4n) is 1.60. The van der Waals surface area contributed by atoms with Crippen LogP contribution in [0.15, 0.2) is 29.2 Å². The van der Waals surface area contributed by atoms with E-state index in [-0.39, 0.29) is 24.7 Å². The van der Waals surface area contributed by atoms with Crippen LogP contribution in [-0.4, -0.2) is 24.5 Å². The van der Waals surface area contributed by atoms with Crippen LogP contribution in [0.3, 0.4) is 0 Å². The van der Waals surface area contributed by atoms with E-state index in [9.17, 15) is 9.59 Å². The lowest BCUT2D eigenvalue weighted by atomic mass is 10.3. The number of hydrogen-bond acceptors (Lipinski definition) is 3. The second-order valence-corrected chi connectivity index (χ2v) is 4.28. The van der Waals surface area contributed by atoms with Crippen molar-refractivity contribution in [3.8, 4) is 0 Å². The Bertz CT molecular complexity index is 417. The lowest BCUT2D eigenvalue weighted by molar-refractivity contribution is -0.121. The van der Waals surface area contributed by atoms with Gasteiger partial charge in [0, 0.05) is 10.6 Å². The van der Waals surface area contributed by atoms with Gasteiger partial charge >= 0.3 is 0 Å². The number of rotatable bonds is 2. The van der Waals surface area contributed by atoms with Gasteiger partial charge in [0.25, 0.3) is 0 Å². The van der Waals surface area contributed by atoms with Crippen LogP contribution in [-0.2, 0) is 9.59 Å². The van der Waals surface area contributed by atoms with Crippen LogP contribution in [0, 0.1) is 0 Å². The minimum absolute atomic E-state index is 0.00504. The average Bonchev–Trinajstić information content (AvgIpc) is 2.58. The summed E-state index contributed by atoms with van der Waals surface area (Å²) in [6, 6.07) is 7.67. The summed E-state index contributed by atoms with van der Waals surface area (Å²) in [5.41, 5.74) is 0.817. The molecule has 1 aliphatic rings. The Morgan fingerprint density at radius 2 is 2.13 bits per heavy atom. The molecule has 0 atom stereocenters. The lowest BCUT2D eigenvalue weighted by Gasteiger charge is -2.15. The zero-order valence-electron chi connectivity index (χ0n) is 8.40. The highest BCUT2D eigenvalue weighted by Gasteiger charge is 2.28. The van der Waals surface area contributed by atoms with Crippen molar-refractivity contribution < 1.29 is 9.59 Å². The van der Waals surface area contributed by atoms with Crippen molar-refractivity contribution in [2.24, 2.45) is 0 Å². The molecule has 4 heteroatoms. The Morgan fingerprint density at radius 3 is 2.73 bits per heavy atom. The van der Waals surface area contributed by atoms with E-state index in [2.05, 4.69) is 0 Å². The van der Waals surface area contributed by atoms with Crippen molar-refractivity contribution in [2.45, 2.75) is 11.3 Å². The largest absolute Gasteiger partial charge is 0.305 e. The monoisotopic (exact) mass is 221 g/mol. The molecule has 15 heavy (non-hydrogen) atoms. The van der Waals surface area contributed by atoms with Crippen LogP contribution < -0.4 is 4.90 Å². The zero-order valence-corrected chi connectivity index (χ0v) is 9.21. The van der Waals surface area contributed by atoms with Crippen molar-refractivity contribution in [1.82, 2.24) is 0 Å². The Balaban J connectivity index is 2.29. The van der Waals surface area contributed by atoms with Crippen molar-refractivity contribution >= 4 is 29.1 Å². The average molecular weight is 221 g/mol. The standard InChI is InChI=1S/C11H11NO2S/c1-15-10-4-2-3-8(5-10)12-7-9(13)6-11(12)14/h2-5H,6-7H2,1H3. The summed E-state index contributed by atoms with van der Waals surface area (Å²) in [6.45, 7) is 0.219. The molecule has 1 aromatic carbocycles. The minimum atomic E-state index is -0.0988. The minimum Gasteiger partial charge on any atom is -0.305 e. The van der Waals surface area contributed by atoms with Gasteiger partial charge in [0.05, 0.1) is 13.0 Å². The molecular weight excluding hydrogens is 210 g/mol. The molecule has 0 N–H and O–H groups in total. The normalized spacial score (nSPS) is 16.2. The molecule has 0 spiro atoms. The fraction of sp³-hybridized carbons (Fsp3) is 0.273. The number of anilines is 1. The van der Waals surface area contributed by atoms with E-state index in [1.165, 1.54) is 0 Å². The number of hydrogen-bond donors (Lipinski definition) is 0. The van der Waals surface area contributed by atoms with Crippen molar-refractivity contribution in [1.29, 1.82) is 0 Å². The molecular formula is C11H11NO2S. The number of amides is 1. The molecule has 2 rings (SSSR count). The predicted octanol–water partition coefficient (Wildman–Crippen LogP) is 1.71. The molecule has 0 unspecified atom stereocenters. The summed E-state index contributed by atoms with van der Waals surface area (Å²) < 4.78 is 0. The highest BCUT2D eigenvalue weighted by Crippen LogP contribution is 2.24. The number of Topliss-reactive ketones (excluding diaryl/α,β-unsaturated/α-hetero) is 1. The summed E-state index contributed by atoms with van der Waals surface area (Å²) in [6.07, 6.45) is 2.03. The van der Waals surface area contributed by atoms with Gasteiger partial charge in [0.1, 0.15) is 0 Å². The Hall–Kier alpha value is -1.29. The van der Waals surface area contributed by atoms with Crippen LogP contribution in [0.5, 0.6) is 0 Å². The maximum atomic E-state index is 11.5. The summed E-state index contributed by atoms with van der Waals surface area (Å²) in [5, 5.41) is 0. The van der Waals surface area contributed by atoms with Gasteiger partial charge in [-0.2, -0.15) is 0 Å². The van der Waals surface area contributed by atoms with Crippen LogP contribution >= 0.6 is 11.8 Å². The van der Waals surface area contributed by atoms with E-state index in [1.54, 1.807) is 16.7 Å². The Labute approximate surface area is 92.5 Å². The van der Waals surface area contributed by atoms with Crippen molar-refractivity contribution in [2.75, 3.05) is 17.7 Å². The highest BCUT2D eigenvalue weighted by atomic mass is 32.2. The van der Waals surface area contributed by atoms with Gasteiger partial charge in [0.15, 0.2) is 5.78 Å². The molecule has 0 bridgehead atoms. The molecule has 1 amide bonds. The first kappa shape index (κ1) is 10.2. The van der Waals surface area contributed by atoms with Gasteiger partial charge in [-0.25, -0.2) is 0 Å². The number of nitrogens with zero attached hydrogens (tertiary/aromatic N) is 1. The van der Waals surface area contributed by atoms with Crippen LogP contribution in [0.2, 0.25) is 0 Å². The molecule has 0 aromatic heterocycles. The molecule has 0 saturated carbocycles. The second-order valence-electron chi connectivity index (χ2n) is 3.40. The first-order valence-corrected chi connectivity index (χ1v) is 5.89. The second kappa shape index (κ2) is 4.06. The predicted molar refractivity (Wildman–Crippen MR) is 60.2 cm³/mol. The van der Waals surface area contributed by atoms with E-state index in [0.29, 0.717) is 0 Å². The SMILES string of the molecule is CSc1cccc(N2CC(=O)CC2=O)c1. The molecule has 1 fully saturated rings. The molecule has 0 radical (unpaired) electrons. The third-order valence-corrected chi connectivity index (χ3v) is 3.07. The van der Waals surface area contributed by atoms with E-state index < -0.39 is 0 Å². The smallest absolute Gasteiger partial charge is 0.234 e. The van der Waals surface area contributed by atoms with E-state index >= 15 is 0 Å². The third kappa shape index (κ3) is 2.04. The van der Waals surface area contributed by atoms with E-state index in [0.717, 1.165) is 10.6 Å². The third-order valence-electron chi connectivity index (χ3n) is 2.35. The Morgan fingerprint density at radius 1 is 1.33 bits per heavy atom. The number of thioether (sulfide) groups is 1. The topological polar surface area (TPSA) is 37.4 Å². The maximum Gasteiger partial charge on any atom is 0.234 e. The summed E-state index contributed by atoms with van der Waals surface area (Å²) >= 11 is 1.62. The molecule has 1 heterocycles. The summed E-state index contributed by atoms with van der Waals surface area (Å²) in [4.78, 5) is 25.2. The van der Waals surface area contributed by atoms with E-state index in [4.69, 9.17) is 0 Å². The molecule has 1 aliphatic heterocycles. The van der Waals surface area contributed by atoms with Gasteiger partial charge in [0.2, 0.25) is 5.91 Å². The van der Waals surface area contributed by atoms with Crippen LogP contribution in [0.1, 0.15) is 6.42 Å². The fourth-order valence-corrected chi connectivity index (χ4v) is 2.05. The Kier molecular flexibility index (Phi) is 2.77. The first-order chi connectivity index (χ1) is 7.20. The quantitative estimate of drug-likeness (QED) is 0.563. The highest BCUT2D eigenvalue weighted by molar-refractivity contribution is 7.98. The van der Waals surface area contributed by atoms with Gasteiger partial charge in [-0.3, -0.25) is 9.59 Å². The van der Waals surface area contributed by atoms with Gasteiger partial charge < -0.3 is 4.90 Å². The summed E-state index contributed by atoms with van der Waals surface area (Å²) in [5.74, 6) is -0.104. The van der Waals surface area contributed by atoms with Crippen LogP contribution in [0.4, 0.5) is 5.69 Å². The van der Waals surface area contributed by atoms with Crippen molar-refractivity contribution in [3.63, 3.8) is 0 Å². The number of carbonyl (C=O) groups excluding carboxylic acids is 2. The van der Waals surface area contributed by atoms with E-state index in [1.807, 2.05) is 30.5 Å².